The van der Waals surface area contributed by atoms with E-state index in [0.29, 0.717) is 6.42 Å². The van der Waals surface area contributed by atoms with Crippen molar-refractivity contribution >= 4 is 17.9 Å². The lowest BCUT2D eigenvalue weighted by molar-refractivity contribution is -0.909. The van der Waals surface area contributed by atoms with Gasteiger partial charge in [-0.3, -0.25) is 0 Å². The van der Waals surface area contributed by atoms with Crippen LogP contribution in [0.4, 0.5) is 0 Å². The summed E-state index contributed by atoms with van der Waals surface area (Å²) in [5.41, 5.74) is 0. The molecule has 0 aliphatic rings. The van der Waals surface area contributed by atoms with Crippen LogP contribution in [0.2, 0.25) is 0 Å². The number of carbonyl (C=O) groups excluding carboxylic acids is 1. The Morgan fingerprint density at radius 2 is 1.19 bits per heavy atom. The standard InChI is InChI=1S/C19H33NO6/c1-2-3-4-5-6-7-8-9-10-11-12-13-20(14-17(21)22,15-18(23)24)16-19(25)26/h2H,1,3-16H2,(H2-,21,22,23,24,25,26). The van der Waals surface area contributed by atoms with Crippen molar-refractivity contribution in [2.75, 3.05) is 26.2 Å². The van der Waals surface area contributed by atoms with Crippen molar-refractivity contribution in [3.05, 3.63) is 12.7 Å². The lowest BCUT2D eigenvalue weighted by atomic mass is 10.1. The number of hydrogen-bond acceptors (Lipinski definition) is 4. The van der Waals surface area contributed by atoms with E-state index < -0.39 is 42.0 Å². The normalized spacial score (nSPS) is 11.2. The molecule has 0 fully saturated rings. The molecule has 0 aromatic rings. The molecule has 0 heterocycles. The minimum Gasteiger partial charge on any atom is -0.544 e. The number of carboxylic acids is 3. The maximum atomic E-state index is 11.1. The highest BCUT2D eigenvalue weighted by atomic mass is 16.4. The fourth-order valence-corrected chi connectivity index (χ4v) is 3.23. The fraction of sp³-hybridized carbons (Fsp3) is 0.737. The molecule has 150 valence electrons. The number of nitrogens with zero attached hydrogens (tertiary/aromatic N) is 1. The van der Waals surface area contributed by atoms with Gasteiger partial charge in [-0.05, 0) is 25.7 Å². The van der Waals surface area contributed by atoms with E-state index in [-0.39, 0.29) is 6.54 Å². The lowest BCUT2D eigenvalue weighted by Crippen LogP contribution is -2.59. The van der Waals surface area contributed by atoms with E-state index in [9.17, 15) is 19.5 Å². The zero-order valence-electron chi connectivity index (χ0n) is 15.7. The van der Waals surface area contributed by atoms with Crippen molar-refractivity contribution in [2.24, 2.45) is 0 Å². The van der Waals surface area contributed by atoms with Gasteiger partial charge >= 0.3 is 11.9 Å². The number of allylic oxidation sites excluding steroid dienone is 1. The summed E-state index contributed by atoms with van der Waals surface area (Å²) < 4.78 is -0.504. The van der Waals surface area contributed by atoms with Crippen LogP contribution in [0.1, 0.15) is 64.2 Å². The molecule has 0 unspecified atom stereocenters. The quantitative estimate of drug-likeness (QED) is 0.216. The zero-order valence-corrected chi connectivity index (χ0v) is 15.7. The molecule has 0 atom stereocenters. The minimum absolute atomic E-state index is 0.216. The first-order valence-electron chi connectivity index (χ1n) is 9.41. The first-order valence-corrected chi connectivity index (χ1v) is 9.41. The first kappa shape index (κ1) is 24.1. The highest BCUT2D eigenvalue weighted by Crippen LogP contribution is 2.14. The summed E-state index contributed by atoms with van der Waals surface area (Å²) in [6.45, 7) is 2.28. The third kappa shape index (κ3) is 13.4. The predicted molar refractivity (Wildman–Crippen MR) is 96.4 cm³/mol. The molecule has 0 saturated carbocycles. The molecule has 26 heavy (non-hydrogen) atoms. The Morgan fingerprint density at radius 1 is 0.769 bits per heavy atom. The number of aliphatic carboxylic acids is 3. The number of carboxylic acid groups (broad SMARTS) is 3. The van der Waals surface area contributed by atoms with Crippen molar-refractivity contribution in [3.63, 3.8) is 0 Å². The monoisotopic (exact) mass is 371 g/mol. The maximum absolute atomic E-state index is 11.1. The van der Waals surface area contributed by atoms with Crippen molar-refractivity contribution < 1.29 is 34.2 Å². The molecule has 0 amide bonds. The second-order valence-corrected chi connectivity index (χ2v) is 6.96. The lowest BCUT2D eigenvalue weighted by Gasteiger charge is -2.36. The van der Waals surface area contributed by atoms with Crippen molar-refractivity contribution in [1.29, 1.82) is 0 Å². The molecule has 0 aliphatic carbocycles. The van der Waals surface area contributed by atoms with Gasteiger partial charge in [0.25, 0.3) is 0 Å². The third-order valence-electron chi connectivity index (χ3n) is 4.45. The van der Waals surface area contributed by atoms with E-state index >= 15 is 0 Å². The van der Waals surface area contributed by atoms with Crippen LogP contribution in [-0.4, -0.2) is 58.8 Å². The molecule has 0 bridgehead atoms. The van der Waals surface area contributed by atoms with Gasteiger partial charge in [-0.25, -0.2) is 9.59 Å². The molecule has 0 aromatic carbocycles. The molecule has 7 nitrogen and oxygen atoms in total. The van der Waals surface area contributed by atoms with Crippen LogP contribution in [0.5, 0.6) is 0 Å². The summed E-state index contributed by atoms with van der Waals surface area (Å²) in [5, 5.41) is 29.0. The summed E-state index contributed by atoms with van der Waals surface area (Å²) in [7, 11) is 0. The van der Waals surface area contributed by atoms with E-state index in [0.717, 1.165) is 32.1 Å². The van der Waals surface area contributed by atoms with Crippen LogP contribution < -0.4 is 5.11 Å². The van der Waals surface area contributed by atoms with Gasteiger partial charge in [0.05, 0.1) is 12.5 Å². The Hall–Kier alpha value is -1.89. The number of quaternary nitrogens is 1. The van der Waals surface area contributed by atoms with E-state index in [1.807, 2.05) is 6.08 Å². The third-order valence-corrected chi connectivity index (χ3v) is 4.45. The van der Waals surface area contributed by atoms with Gasteiger partial charge in [0.15, 0.2) is 13.1 Å². The Balaban J connectivity index is 4.15. The highest BCUT2D eigenvalue weighted by Gasteiger charge is 2.33. The molecular weight excluding hydrogens is 338 g/mol. The van der Waals surface area contributed by atoms with Gasteiger partial charge < -0.3 is 24.6 Å². The summed E-state index contributed by atoms with van der Waals surface area (Å²) in [6, 6.07) is 0. The van der Waals surface area contributed by atoms with Crippen LogP contribution in [-0.2, 0) is 14.4 Å². The minimum atomic E-state index is -1.43. The molecule has 7 heteroatoms. The van der Waals surface area contributed by atoms with E-state index in [1.54, 1.807) is 0 Å². The average molecular weight is 371 g/mol. The topological polar surface area (TPSA) is 115 Å². The summed E-state index contributed by atoms with van der Waals surface area (Å²) in [6.07, 6.45) is 12.5. The van der Waals surface area contributed by atoms with Gasteiger partial charge in [0, 0.05) is 0 Å². The van der Waals surface area contributed by atoms with Crippen LogP contribution in [0.15, 0.2) is 12.7 Å². The largest absolute Gasteiger partial charge is 0.544 e. The van der Waals surface area contributed by atoms with Crippen LogP contribution in [0.3, 0.4) is 0 Å². The predicted octanol–water partition coefficient (Wildman–Crippen LogP) is 1.81. The van der Waals surface area contributed by atoms with E-state index in [1.165, 1.54) is 25.7 Å². The van der Waals surface area contributed by atoms with Crippen molar-refractivity contribution in [3.8, 4) is 0 Å². The number of carbonyl (C=O) groups is 3. The Bertz CT molecular complexity index is 409. The van der Waals surface area contributed by atoms with Crippen LogP contribution in [0, 0.1) is 0 Å². The fourth-order valence-electron chi connectivity index (χ4n) is 3.23. The number of hydrogen-bond donors (Lipinski definition) is 2. The number of rotatable bonds is 18. The first-order chi connectivity index (χ1) is 12.3. The Labute approximate surface area is 155 Å². The molecule has 0 aromatic heterocycles. The molecule has 0 rings (SSSR count). The molecule has 0 saturated heterocycles. The van der Waals surface area contributed by atoms with Gasteiger partial charge in [-0.2, -0.15) is 0 Å². The van der Waals surface area contributed by atoms with E-state index in [2.05, 4.69) is 6.58 Å². The van der Waals surface area contributed by atoms with Crippen LogP contribution in [0.25, 0.3) is 0 Å². The SMILES string of the molecule is C=CCCCCCCCCCCC[N+](CC(=O)[O-])(CC(=O)O)CC(=O)O. The average Bonchev–Trinajstić information content (AvgIpc) is 2.50. The summed E-state index contributed by atoms with van der Waals surface area (Å²) >= 11 is 0. The zero-order chi connectivity index (χ0) is 19.8. The smallest absolute Gasteiger partial charge is 0.359 e. The summed E-state index contributed by atoms with van der Waals surface area (Å²) in [4.78, 5) is 33.1. The second kappa shape index (κ2) is 14.3. The van der Waals surface area contributed by atoms with Crippen LogP contribution >= 0.6 is 0 Å². The molecule has 0 radical (unpaired) electrons. The maximum Gasteiger partial charge on any atom is 0.359 e. The van der Waals surface area contributed by atoms with Gasteiger partial charge in [-0.15, -0.1) is 6.58 Å². The molecule has 0 spiro atoms. The second-order valence-electron chi connectivity index (χ2n) is 6.96. The van der Waals surface area contributed by atoms with E-state index in [4.69, 9.17) is 10.2 Å². The molecule has 2 N–H and O–H groups in total. The van der Waals surface area contributed by atoms with Gasteiger partial charge in [-0.1, -0.05) is 44.6 Å². The Kier molecular flexibility index (Phi) is 13.3. The van der Waals surface area contributed by atoms with Crippen molar-refractivity contribution in [1.82, 2.24) is 0 Å². The number of unbranched alkanes of at least 4 members (excludes halogenated alkanes) is 9. The van der Waals surface area contributed by atoms with Crippen molar-refractivity contribution in [2.45, 2.75) is 64.2 Å². The highest BCUT2D eigenvalue weighted by molar-refractivity contribution is 5.72. The Morgan fingerprint density at radius 3 is 1.58 bits per heavy atom. The van der Waals surface area contributed by atoms with Gasteiger partial charge in [0.1, 0.15) is 6.54 Å². The molecular formula is C19H33NO6. The van der Waals surface area contributed by atoms with Gasteiger partial charge in [0.2, 0.25) is 0 Å². The summed E-state index contributed by atoms with van der Waals surface area (Å²) in [5.74, 6) is -3.84. The molecule has 0 aliphatic heterocycles.